The lowest BCUT2D eigenvalue weighted by molar-refractivity contribution is -0.385. The molecule has 0 saturated carbocycles. The Hall–Kier alpha value is -2.56. The minimum Gasteiger partial charge on any atom is -0.490 e. The Morgan fingerprint density at radius 2 is 2.05 bits per heavy atom. The van der Waals surface area contributed by atoms with Gasteiger partial charge in [0.05, 0.1) is 12.0 Å². The standard InChI is InChI=1S/C15H16N2O3/c1-11-4-3-5-12(8-11)10-16-13-6-7-14(17(18)19)15(9-13)20-2/h3-9,16H,10H2,1-2H3. The van der Waals surface area contributed by atoms with E-state index < -0.39 is 4.92 Å². The number of anilines is 1. The van der Waals surface area contributed by atoms with Crippen LogP contribution in [0.2, 0.25) is 0 Å². The zero-order valence-electron chi connectivity index (χ0n) is 11.4. The average Bonchev–Trinajstić information content (AvgIpc) is 2.44. The predicted octanol–water partition coefficient (Wildman–Crippen LogP) is 3.52. The molecule has 0 unspecified atom stereocenters. The number of aryl methyl sites for hydroxylation is 1. The van der Waals surface area contributed by atoms with Crippen LogP contribution in [0.15, 0.2) is 42.5 Å². The van der Waals surface area contributed by atoms with Gasteiger partial charge in [-0.25, -0.2) is 0 Å². The van der Waals surface area contributed by atoms with E-state index in [1.54, 1.807) is 12.1 Å². The highest BCUT2D eigenvalue weighted by atomic mass is 16.6. The molecule has 2 aromatic rings. The molecule has 0 saturated heterocycles. The number of nitrogens with one attached hydrogen (secondary N) is 1. The van der Waals surface area contributed by atoms with E-state index in [-0.39, 0.29) is 11.4 Å². The van der Waals surface area contributed by atoms with Crippen molar-refractivity contribution in [1.82, 2.24) is 0 Å². The minimum absolute atomic E-state index is 0.0337. The molecular weight excluding hydrogens is 256 g/mol. The van der Waals surface area contributed by atoms with Crippen LogP contribution in [-0.4, -0.2) is 12.0 Å². The molecule has 0 fully saturated rings. The van der Waals surface area contributed by atoms with Crippen molar-refractivity contribution in [2.24, 2.45) is 0 Å². The van der Waals surface area contributed by atoms with E-state index in [0.29, 0.717) is 6.54 Å². The van der Waals surface area contributed by atoms with E-state index >= 15 is 0 Å². The van der Waals surface area contributed by atoms with Gasteiger partial charge in [-0.15, -0.1) is 0 Å². The van der Waals surface area contributed by atoms with Gasteiger partial charge in [0, 0.05) is 24.4 Å². The maximum absolute atomic E-state index is 10.8. The number of benzene rings is 2. The molecule has 2 rings (SSSR count). The molecule has 104 valence electrons. The second-order valence-corrected chi connectivity index (χ2v) is 4.49. The Bertz CT molecular complexity index is 626. The van der Waals surface area contributed by atoms with Crippen molar-refractivity contribution in [3.63, 3.8) is 0 Å². The molecular formula is C15H16N2O3. The van der Waals surface area contributed by atoms with Crippen LogP contribution in [0.5, 0.6) is 5.75 Å². The third-order valence-electron chi connectivity index (χ3n) is 2.96. The summed E-state index contributed by atoms with van der Waals surface area (Å²) < 4.78 is 5.04. The highest BCUT2D eigenvalue weighted by molar-refractivity contribution is 5.58. The number of nitro benzene ring substituents is 1. The molecule has 20 heavy (non-hydrogen) atoms. The van der Waals surface area contributed by atoms with Crippen LogP contribution >= 0.6 is 0 Å². The summed E-state index contributed by atoms with van der Waals surface area (Å²) in [6.45, 7) is 2.70. The van der Waals surface area contributed by atoms with Gasteiger partial charge in [-0.2, -0.15) is 0 Å². The van der Waals surface area contributed by atoms with E-state index in [4.69, 9.17) is 4.74 Å². The minimum atomic E-state index is -0.455. The Morgan fingerprint density at radius 3 is 2.70 bits per heavy atom. The Kier molecular flexibility index (Phi) is 4.20. The molecule has 2 aromatic carbocycles. The fourth-order valence-corrected chi connectivity index (χ4v) is 1.96. The van der Waals surface area contributed by atoms with Crippen LogP contribution in [0.4, 0.5) is 11.4 Å². The number of nitro groups is 1. The lowest BCUT2D eigenvalue weighted by atomic mass is 10.1. The van der Waals surface area contributed by atoms with Crippen LogP contribution in [0, 0.1) is 17.0 Å². The first-order chi connectivity index (χ1) is 9.60. The van der Waals surface area contributed by atoms with Crippen LogP contribution < -0.4 is 10.1 Å². The maximum atomic E-state index is 10.8. The molecule has 0 aliphatic heterocycles. The van der Waals surface area contributed by atoms with Gasteiger partial charge in [-0.3, -0.25) is 10.1 Å². The Labute approximate surface area is 117 Å². The van der Waals surface area contributed by atoms with Crippen LogP contribution in [0.3, 0.4) is 0 Å². The topological polar surface area (TPSA) is 64.4 Å². The van der Waals surface area contributed by atoms with Crippen molar-refractivity contribution in [2.75, 3.05) is 12.4 Å². The molecule has 5 heteroatoms. The summed E-state index contributed by atoms with van der Waals surface area (Å²) in [5.74, 6) is 0.254. The van der Waals surface area contributed by atoms with E-state index in [9.17, 15) is 10.1 Å². The number of nitrogens with zero attached hydrogens (tertiary/aromatic N) is 1. The SMILES string of the molecule is COc1cc(NCc2cccc(C)c2)ccc1[N+](=O)[O-]. The summed E-state index contributed by atoms with van der Waals surface area (Å²) in [5.41, 5.74) is 3.11. The van der Waals surface area contributed by atoms with Crippen molar-refractivity contribution in [1.29, 1.82) is 0 Å². The molecule has 0 heterocycles. The lowest BCUT2D eigenvalue weighted by Gasteiger charge is -2.09. The average molecular weight is 272 g/mol. The first-order valence-electron chi connectivity index (χ1n) is 6.22. The molecule has 0 amide bonds. The predicted molar refractivity (Wildman–Crippen MR) is 78.2 cm³/mol. The monoisotopic (exact) mass is 272 g/mol. The molecule has 0 aliphatic rings. The van der Waals surface area contributed by atoms with Crippen molar-refractivity contribution in [2.45, 2.75) is 13.5 Å². The molecule has 0 bridgehead atoms. The van der Waals surface area contributed by atoms with Crippen molar-refractivity contribution in [3.05, 3.63) is 63.7 Å². The Balaban J connectivity index is 2.12. The zero-order chi connectivity index (χ0) is 14.5. The molecule has 0 aromatic heterocycles. The molecule has 5 nitrogen and oxygen atoms in total. The highest BCUT2D eigenvalue weighted by Gasteiger charge is 2.14. The number of hydrogen-bond acceptors (Lipinski definition) is 4. The van der Waals surface area contributed by atoms with Crippen molar-refractivity contribution < 1.29 is 9.66 Å². The summed E-state index contributed by atoms with van der Waals surface area (Å²) in [4.78, 5) is 10.4. The first kappa shape index (κ1) is 13.9. The summed E-state index contributed by atoms with van der Waals surface area (Å²) in [7, 11) is 1.42. The van der Waals surface area contributed by atoms with E-state index in [1.807, 2.05) is 25.1 Å². The zero-order valence-corrected chi connectivity index (χ0v) is 11.4. The normalized spacial score (nSPS) is 10.1. The molecule has 0 aliphatic carbocycles. The Morgan fingerprint density at radius 1 is 1.25 bits per heavy atom. The van der Waals surface area contributed by atoms with Gasteiger partial charge in [-0.1, -0.05) is 29.8 Å². The molecule has 0 spiro atoms. The van der Waals surface area contributed by atoms with Crippen LogP contribution in [-0.2, 0) is 6.54 Å². The van der Waals surface area contributed by atoms with Crippen LogP contribution in [0.25, 0.3) is 0 Å². The van der Waals surface area contributed by atoms with E-state index in [1.165, 1.54) is 18.7 Å². The summed E-state index contributed by atoms with van der Waals surface area (Å²) >= 11 is 0. The maximum Gasteiger partial charge on any atom is 0.311 e. The van der Waals surface area contributed by atoms with Crippen molar-refractivity contribution in [3.8, 4) is 5.75 Å². The molecule has 0 atom stereocenters. The fourth-order valence-electron chi connectivity index (χ4n) is 1.96. The number of ether oxygens (including phenoxy) is 1. The third kappa shape index (κ3) is 3.26. The fraction of sp³-hybridized carbons (Fsp3) is 0.200. The van der Waals surface area contributed by atoms with Gasteiger partial charge in [0.1, 0.15) is 0 Å². The third-order valence-corrected chi connectivity index (χ3v) is 2.96. The van der Waals surface area contributed by atoms with E-state index in [0.717, 1.165) is 11.3 Å². The second-order valence-electron chi connectivity index (χ2n) is 4.49. The summed E-state index contributed by atoms with van der Waals surface area (Å²) in [6, 6.07) is 12.9. The summed E-state index contributed by atoms with van der Waals surface area (Å²) in [6.07, 6.45) is 0. The van der Waals surface area contributed by atoms with Gasteiger partial charge in [-0.05, 0) is 18.6 Å². The smallest absolute Gasteiger partial charge is 0.311 e. The molecule has 0 radical (unpaired) electrons. The molecule has 1 N–H and O–H groups in total. The first-order valence-corrected chi connectivity index (χ1v) is 6.22. The second kappa shape index (κ2) is 6.06. The number of rotatable bonds is 5. The number of hydrogen-bond donors (Lipinski definition) is 1. The van der Waals surface area contributed by atoms with Gasteiger partial charge in [0.15, 0.2) is 5.75 Å². The van der Waals surface area contributed by atoms with Crippen molar-refractivity contribution >= 4 is 11.4 Å². The summed E-state index contributed by atoms with van der Waals surface area (Å²) in [5, 5.41) is 14.0. The van der Waals surface area contributed by atoms with Gasteiger partial charge >= 0.3 is 5.69 Å². The largest absolute Gasteiger partial charge is 0.490 e. The lowest BCUT2D eigenvalue weighted by Crippen LogP contribution is -2.01. The number of methoxy groups -OCH3 is 1. The van der Waals surface area contributed by atoms with Crippen LogP contribution in [0.1, 0.15) is 11.1 Å². The van der Waals surface area contributed by atoms with Gasteiger partial charge in [0.25, 0.3) is 0 Å². The van der Waals surface area contributed by atoms with E-state index in [2.05, 4.69) is 11.4 Å². The van der Waals surface area contributed by atoms with Gasteiger partial charge < -0.3 is 10.1 Å². The quantitative estimate of drug-likeness (QED) is 0.668. The highest BCUT2D eigenvalue weighted by Crippen LogP contribution is 2.29. The van der Waals surface area contributed by atoms with Gasteiger partial charge in [0.2, 0.25) is 0 Å².